The highest BCUT2D eigenvalue weighted by atomic mass is 79.9. The normalized spacial score (nSPS) is 40.9. The minimum Gasteiger partial charge on any atom is -0.0887 e. The second-order valence-corrected chi connectivity index (χ2v) is 16.6. The zero-order valence-electron chi connectivity index (χ0n) is 17.3. The summed E-state index contributed by atoms with van der Waals surface area (Å²) < 4.78 is 0. The van der Waals surface area contributed by atoms with Crippen molar-refractivity contribution in [3.05, 3.63) is 40.6 Å². The van der Waals surface area contributed by atoms with E-state index in [4.69, 9.17) is 0 Å². The fourth-order valence-electron chi connectivity index (χ4n) is 8.01. The van der Waals surface area contributed by atoms with E-state index in [-0.39, 0.29) is 0 Å². The van der Waals surface area contributed by atoms with Gasteiger partial charge in [0, 0.05) is 4.83 Å². The van der Waals surface area contributed by atoms with Crippen molar-refractivity contribution in [2.24, 2.45) is 29.6 Å². The van der Waals surface area contributed by atoms with Crippen molar-refractivity contribution in [2.45, 2.75) is 75.3 Å². The largest absolute Gasteiger partial charge is 0.0887 e. The van der Waals surface area contributed by atoms with Gasteiger partial charge in [0.2, 0.25) is 0 Å². The molecule has 0 aliphatic heterocycles. The number of alkyl halides is 1. The van der Waals surface area contributed by atoms with E-state index in [1.807, 2.05) is 5.20 Å². The van der Waals surface area contributed by atoms with Crippen LogP contribution in [0.25, 0.3) is 6.08 Å². The number of rotatable bonds is 2. The monoisotopic (exact) mass is 442 g/mol. The van der Waals surface area contributed by atoms with Gasteiger partial charge in [0.15, 0.2) is 0 Å². The quantitative estimate of drug-likeness (QED) is 0.328. The van der Waals surface area contributed by atoms with Gasteiger partial charge < -0.3 is 0 Å². The van der Waals surface area contributed by atoms with Crippen LogP contribution in [0.4, 0.5) is 0 Å². The summed E-state index contributed by atoms with van der Waals surface area (Å²) in [5, 5.41) is 1.83. The fourth-order valence-corrected chi connectivity index (χ4v) is 13.7. The molecule has 0 saturated heterocycles. The molecule has 0 heterocycles. The summed E-state index contributed by atoms with van der Waals surface area (Å²) >= 11 is 4.19. The lowest BCUT2D eigenvalue weighted by molar-refractivity contribution is 0.0799. The maximum absolute atomic E-state index is 4.19. The molecule has 146 valence electrons. The zero-order valence-corrected chi connectivity index (χ0v) is 19.8. The van der Waals surface area contributed by atoms with Crippen LogP contribution in [0.5, 0.6) is 0 Å². The van der Waals surface area contributed by atoms with Crippen molar-refractivity contribution in [2.75, 3.05) is 0 Å². The van der Waals surface area contributed by atoms with Crippen LogP contribution in [-0.2, 0) is 6.42 Å². The minimum atomic E-state index is -1.45. The summed E-state index contributed by atoms with van der Waals surface area (Å²) in [6, 6.07) is 9.11. The van der Waals surface area contributed by atoms with E-state index in [0.29, 0.717) is 0 Å². The van der Waals surface area contributed by atoms with E-state index < -0.39 is 8.07 Å². The average Bonchev–Trinajstić information content (AvgIpc) is 3.23. The lowest BCUT2D eigenvalue weighted by atomic mass is 9.62. The maximum atomic E-state index is 4.19. The molecule has 0 amide bonds. The van der Waals surface area contributed by atoms with Crippen molar-refractivity contribution in [1.82, 2.24) is 0 Å². The molecule has 0 nitrogen and oxygen atoms in total. The number of hydrogen-bond donors (Lipinski definition) is 0. The summed E-state index contributed by atoms with van der Waals surface area (Å²) in [6.45, 7) is 8.04. The predicted molar refractivity (Wildman–Crippen MR) is 123 cm³/mol. The number of benzene rings is 1. The number of fused-ring (bicyclic) bond motifs is 4. The maximum Gasteiger partial charge on any atom is 0.0795 e. The van der Waals surface area contributed by atoms with Gasteiger partial charge >= 0.3 is 0 Å². The molecule has 7 unspecified atom stereocenters. The Morgan fingerprint density at radius 2 is 1.67 bits per heavy atom. The van der Waals surface area contributed by atoms with Crippen molar-refractivity contribution < 1.29 is 0 Å². The highest BCUT2D eigenvalue weighted by molar-refractivity contribution is 9.09. The summed E-state index contributed by atoms with van der Waals surface area (Å²) in [5.74, 6) is 4.93. The van der Waals surface area contributed by atoms with Crippen LogP contribution in [-0.4, -0.2) is 12.9 Å². The van der Waals surface area contributed by atoms with E-state index in [1.54, 1.807) is 5.56 Å². The molecule has 5 rings (SSSR count). The van der Waals surface area contributed by atoms with E-state index in [9.17, 15) is 0 Å². The first kappa shape index (κ1) is 18.7. The molecule has 7 atom stereocenters. The van der Waals surface area contributed by atoms with Gasteiger partial charge in [0.05, 0.1) is 8.07 Å². The van der Waals surface area contributed by atoms with Gasteiger partial charge in [-0.3, -0.25) is 0 Å². The first-order chi connectivity index (χ1) is 13.0. The molecule has 1 aromatic carbocycles. The van der Waals surface area contributed by atoms with Crippen LogP contribution >= 0.6 is 15.9 Å². The molecule has 0 N–H and O–H groups in total. The molecular weight excluding hydrogens is 408 g/mol. The van der Waals surface area contributed by atoms with Crippen LogP contribution < -0.4 is 0 Å². The molecule has 1 aromatic rings. The predicted octanol–water partition coefficient (Wildman–Crippen LogP) is 7.49. The third-order valence-corrected chi connectivity index (χ3v) is 14.8. The number of allylic oxidation sites excluding steroid dienone is 1. The molecule has 4 aliphatic carbocycles. The molecule has 0 spiro atoms. The highest BCUT2D eigenvalue weighted by Crippen LogP contribution is 2.63. The van der Waals surface area contributed by atoms with Crippen molar-refractivity contribution in [3.63, 3.8) is 0 Å². The summed E-state index contributed by atoms with van der Waals surface area (Å²) in [6.07, 6.45) is 12.8. The number of halogens is 1. The van der Waals surface area contributed by atoms with Gasteiger partial charge in [-0.25, -0.2) is 0 Å². The van der Waals surface area contributed by atoms with Crippen LogP contribution in [0.15, 0.2) is 29.5 Å². The molecule has 2 heteroatoms. The van der Waals surface area contributed by atoms with Crippen LogP contribution in [0, 0.1) is 29.6 Å². The Morgan fingerprint density at radius 1 is 0.926 bits per heavy atom. The number of hydrogen-bond acceptors (Lipinski definition) is 0. The summed E-state index contributed by atoms with van der Waals surface area (Å²) in [4.78, 5) is 0.788. The standard InChI is InChI=1S/C25H35BrSi/c1-16-12-22-20-10-6-7-11-21(20)24(26)15-23(22)25(16)27(2,3)19-13-17-8-4-5-9-18(17)14-19/h4-5,8-9,13,16,20-25H,6-7,10-12,14-15H2,1-3H3. The first-order valence-electron chi connectivity index (χ1n) is 11.4. The molecular formula is C25H35BrSi. The molecule has 4 aliphatic rings. The third kappa shape index (κ3) is 2.96. The first-order valence-corrected chi connectivity index (χ1v) is 15.4. The third-order valence-electron chi connectivity index (χ3n) is 9.08. The smallest absolute Gasteiger partial charge is 0.0795 e. The van der Waals surface area contributed by atoms with Gasteiger partial charge in [0.1, 0.15) is 0 Å². The Bertz CT molecular complexity index is 750. The van der Waals surface area contributed by atoms with Crippen molar-refractivity contribution >= 4 is 30.1 Å². The van der Waals surface area contributed by atoms with Crippen LogP contribution in [0.1, 0.15) is 56.6 Å². The van der Waals surface area contributed by atoms with E-state index in [1.165, 1.54) is 50.5 Å². The molecule has 0 bridgehead atoms. The average molecular weight is 444 g/mol. The fraction of sp³-hybridized carbons (Fsp3) is 0.680. The molecule has 3 fully saturated rings. The summed E-state index contributed by atoms with van der Waals surface area (Å²) in [5.41, 5.74) is 4.06. The van der Waals surface area contributed by atoms with Crippen LogP contribution in [0.2, 0.25) is 18.6 Å². The minimum absolute atomic E-state index is 0.788. The Morgan fingerprint density at radius 3 is 2.44 bits per heavy atom. The zero-order chi connectivity index (χ0) is 18.8. The van der Waals surface area contributed by atoms with Crippen molar-refractivity contribution in [1.29, 1.82) is 0 Å². The van der Waals surface area contributed by atoms with Crippen LogP contribution in [0.3, 0.4) is 0 Å². The van der Waals surface area contributed by atoms with Gasteiger partial charge in [-0.15, -0.1) is 0 Å². The second kappa shape index (κ2) is 6.87. The molecule has 27 heavy (non-hydrogen) atoms. The second-order valence-electron chi connectivity index (χ2n) is 10.7. The SMILES string of the molecule is CC1CC2C3CCCCC3C(Br)CC2C1[Si](C)(C)C1=Cc2ccccc2C1. The summed E-state index contributed by atoms with van der Waals surface area (Å²) in [7, 11) is -1.45. The van der Waals surface area contributed by atoms with Gasteiger partial charge in [-0.05, 0) is 78.4 Å². The Hall–Kier alpha value is -0.343. The molecule has 3 saturated carbocycles. The molecule has 0 aromatic heterocycles. The highest BCUT2D eigenvalue weighted by Gasteiger charge is 2.56. The topological polar surface area (TPSA) is 0 Å². The van der Waals surface area contributed by atoms with Gasteiger partial charge in [0.25, 0.3) is 0 Å². The Labute approximate surface area is 175 Å². The van der Waals surface area contributed by atoms with Gasteiger partial charge in [-0.1, -0.05) is 84.3 Å². The van der Waals surface area contributed by atoms with E-state index in [2.05, 4.69) is 66.3 Å². The Balaban J connectivity index is 1.45. The lowest BCUT2D eigenvalue weighted by Crippen LogP contribution is -2.46. The Kier molecular flexibility index (Phi) is 4.75. The van der Waals surface area contributed by atoms with Gasteiger partial charge in [-0.2, -0.15) is 0 Å². The van der Waals surface area contributed by atoms with Crippen molar-refractivity contribution in [3.8, 4) is 0 Å². The lowest BCUT2D eigenvalue weighted by Gasteiger charge is -2.49. The van der Waals surface area contributed by atoms with E-state index >= 15 is 0 Å². The van der Waals surface area contributed by atoms with E-state index in [0.717, 1.165) is 40.0 Å². The molecule has 0 radical (unpaired) electrons.